The van der Waals surface area contributed by atoms with Crippen LogP contribution in [0.2, 0.25) is 0 Å². The first-order chi connectivity index (χ1) is 6.22. The van der Waals surface area contributed by atoms with Crippen LogP contribution in [0, 0.1) is 6.92 Å². The molecule has 13 heavy (non-hydrogen) atoms. The van der Waals surface area contributed by atoms with Crippen LogP contribution in [0.1, 0.15) is 16.2 Å². The normalized spacial score (nSPS) is 10.6. The number of hydrogen-bond acceptors (Lipinski definition) is 2. The lowest BCUT2D eigenvalue weighted by Crippen LogP contribution is -1.90. The number of hydrogen-bond donors (Lipinski definition) is 0. The standard InChI is InChI=1S/C9H7BrN2O/c1-6-8(5-13)12-3-2-7(10)4-9(12)11-6/h2-5H,1H3. The van der Waals surface area contributed by atoms with Crippen molar-refractivity contribution in [2.45, 2.75) is 6.92 Å². The number of carbonyl (C=O) groups is 1. The predicted molar refractivity (Wildman–Crippen MR) is 53.0 cm³/mol. The zero-order chi connectivity index (χ0) is 9.42. The van der Waals surface area contributed by atoms with Gasteiger partial charge in [-0.15, -0.1) is 0 Å². The number of imidazole rings is 1. The number of pyridine rings is 1. The Morgan fingerprint density at radius 1 is 1.62 bits per heavy atom. The summed E-state index contributed by atoms with van der Waals surface area (Å²) in [6.07, 6.45) is 2.65. The van der Waals surface area contributed by atoms with E-state index in [4.69, 9.17) is 0 Å². The van der Waals surface area contributed by atoms with E-state index in [1.165, 1.54) is 0 Å². The van der Waals surface area contributed by atoms with Gasteiger partial charge in [-0.25, -0.2) is 4.98 Å². The summed E-state index contributed by atoms with van der Waals surface area (Å²) in [6.45, 7) is 1.82. The van der Waals surface area contributed by atoms with E-state index in [0.717, 1.165) is 22.1 Å². The smallest absolute Gasteiger partial charge is 0.168 e. The molecule has 0 aliphatic rings. The molecule has 0 aromatic carbocycles. The lowest BCUT2D eigenvalue weighted by atomic mass is 10.4. The van der Waals surface area contributed by atoms with Gasteiger partial charge in [-0.1, -0.05) is 15.9 Å². The van der Waals surface area contributed by atoms with Gasteiger partial charge >= 0.3 is 0 Å². The first-order valence-corrected chi connectivity index (χ1v) is 4.61. The van der Waals surface area contributed by atoms with Gasteiger partial charge in [-0.2, -0.15) is 0 Å². The molecular formula is C9H7BrN2O. The van der Waals surface area contributed by atoms with E-state index in [1.807, 2.05) is 25.3 Å². The molecule has 0 fully saturated rings. The van der Waals surface area contributed by atoms with E-state index in [-0.39, 0.29) is 0 Å². The predicted octanol–water partition coefficient (Wildman–Crippen LogP) is 2.22. The summed E-state index contributed by atoms with van der Waals surface area (Å²) in [5.41, 5.74) is 2.16. The maximum Gasteiger partial charge on any atom is 0.168 e. The average Bonchev–Trinajstić information content (AvgIpc) is 2.39. The number of halogens is 1. The largest absolute Gasteiger partial charge is 0.297 e. The minimum absolute atomic E-state index is 0.613. The summed E-state index contributed by atoms with van der Waals surface area (Å²) in [4.78, 5) is 15.0. The van der Waals surface area contributed by atoms with Gasteiger partial charge in [0.2, 0.25) is 0 Å². The molecule has 0 bridgehead atoms. The van der Waals surface area contributed by atoms with Crippen molar-refractivity contribution in [2.75, 3.05) is 0 Å². The van der Waals surface area contributed by atoms with Gasteiger partial charge in [0, 0.05) is 10.7 Å². The van der Waals surface area contributed by atoms with Crippen molar-refractivity contribution in [3.63, 3.8) is 0 Å². The second-order valence-corrected chi connectivity index (χ2v) is 3.69. The topological polar surface area (TPSA) is 34.4 Å². The van der Waals surface area contributed by atoms with Crippen molar-refractivity contribution >= 4 is 27.9 Å². The number of fused-ring (bicyclic) bond motifs is 1. The van der Waals surface area contributed by atoms with Crippen molar-refractivity contribution < 1.29 is 4.79 Å². The summed E-state index contributed by atoms with van der Waals surface area (Å²) < 4.78 is 2.73. The number of aromatic nitrogens is 2. The van der Waals surface area contributed by atoms with Crippen LogP contribution in [0.4, 0.5) is 0 Å². The molecule has 0 amide bonds. The number of nitrogens with zero attached hydrogens (tertiary/aromatic N) is 2. The van der Waals surface area contributed by atoms with Gasteiger partial charge in [0.15, 0.2) is 6.29 Å². The minimum atomic E-state index is 0.613. The summed E-state index contributed by atoms with van der Waals surface area (Å²) in [6, 6.07) is 3.75. The SMILES string of the molecule is Cc1nc2cc(Br)ccn2c1C=O. The maximum absolute atomic E-state index is 10.7. The summed E-state index contributed by atoms with van der Waals surface area (Å²) >= 11 is 3.35. The molecule has 0 aliphatic heterocycles. The van der Waals surface area contributed by atoms with Crippen LogP contribution in [-0.2, 0) is 0 Å². The molecule has 0 N–H and O–H groups in total. The van der Waals surface area contributed by atoms with Crippen LogP contribution < -0.4 is 0 Å². The highest BCUT2D eigenvalue weighted by Gasteiger charge is 2.06. The van der Waals surface area contributed by atoms with E-state index in [1.54, 1.807) is 4.40 Å². The van der Waals surface area contributed by atoms with Crippen LogP contribution >= 0.6 is 15.9 Å². The fraction of sp³-hybridized carbons (Fsp3) is 0.111. The lowest BCUT2D eigenvalue weighted by molar-refractivity contribution is 0.111. The number of rotatable bonds is 1. The van der Waals surface area contributed by atoms with Crippen LogP contribution in [-0.4, -0.2) is 15.7 Å². The van der Waals surface area contributed by atoms with Crippen LogP contribution in [0.25, 0.3) is 5.65 Å². The molecule has 2 aromatic rings. The Balaban J connectivity index is 2.86. The van der Waals surface area contributed by atoms with Crippen LogP contribution in [0.3, 0.4) is 0 Å². The van der Waals surface area contributed by atoms with Gasteiger partial charge in [0.25, 0.3) is 0 Å². The Bertz CT molecular complexity index is 476. The van der Waals surface area contributed by atoms with Crippen molar-refractivity contribution in [1.82, 2.24) is 9.38 Å². The van der Waals surface area contributed by atoms with Crippen molar-refractivity contribution in [2.24, 2.45) is 0 Å². The van der Waals surface area contributed by atoms with Crippen LogP contribution in [0.15, 0.2) is 22.8 Å². The Morgan fingerprint density at radius 3 is 3.08 bits per heavy atom. The molecule has 2 aromatic heterocycles. The van der Waals surface area contributed by atoms with E-state index >= 15 is 0 Å². The Hall–Kier alpha value is -1.16. The van der Waals surface area contributed by atoms with Gasteiger partial charge < -0.3 is 0 Å². The number of carbonyl (C=O) groups excluding carboxylic acids is 1. The third-order valence-corrected chi connectivity index (χ3v) is 2.41. The Morgan fingerprint density at radius 2 is 2.38 bits per heavy atom. The summed E-state index contributed by atoms with van der Waals surface area (Å²) in [5.74, 6) is 0. The molecule has 0 saturated carbocycles. The molecule has 0 aliphatic carbocycles. The Labute approximate surface area is 83.5 Å². The van der Waals surface area contributed by atoms with E-state index in [9.17, 15) is 4.79 Å². The van der Waals surface area contributed by atoms with Crippen LogP contribution in [0.5, 0.6) is 0 Å². The van der Waals surface area contributed by atoms with Crippen molar-refractivity contribution in [3.8, 4) is 0 Å². The molecule has 4 heteroatoms. The first-order valence-electron chi connectivity index (χ1n) is 3.82. The van der Waals surface area contributed by atoms with E-state index in [0.29, 0.717) is 5.69 Å². The molecule has 66 valence electrons. The molecule has 0 saturated heterocycles. The number of aldehydes is 1. The summed E-state index contributed by atoms with van der Waals surface area (Å²) in [5, 5.41) is 0. The molecule has 2 rings (SSSR count). The van der Waals surface area contributed by atoms with Gasteiger partial charge in [0.05, 0.1) is 5.69 Å². The third kappa shape index (κ3) is 1.27. The molecule has 3 nitrogen and oxygen atoms in total. The van der Waals surface area contributed by atoms with Gasteiger partial charge in [-0.05, 0) is 19.1 Å². The minimum Gasteiger partial charge on any atom is -0.297 e. The average molecular weight is 239 g/mol. The fourth-order valence-electron chi connectivity index (χ4n) is 1.30. The zero-order valence-corrected chi connectivity index (χ0v) is 8.58. The molecular weight excluding hydrogens is 232 g/mol. The van der Waals surface area contributed by atoms with E-state index < -0.39 is 0 Å². The second kappa shape index (κ2) is 2.96. The molecule has 0 atom stereocenters. The highest BCUT2D eigenvalue weighted by atomic mass is 79.9. The third-order valence-electron chi connectivity index (χ3n) is 1.92. The monoisotopic (exact) mass is 238 g/mol. The molecule has 0 unspecified atom stereocenters. The van der Waals surface area contributed by atoms with Gasteiger partial charge in [-0.3, -0.25) is 9.20 Å². The highest BCUT2D eigenvalue weighted by Crippen LogP contribution is 2.15. The summed E-state index contributed by atoms with van der Waals surface area (Å²) in [7, 11) is 0. The number of aryl methyl sites for hydroxylation is 1. The molecule has 2 heterocycles. The lowest BCUT2D eigenvalue weighted by Gasteiger charge is -1.94. The fourth-order valence-corrected chi connectivity index (χ4v) is 1.62. The first kappa shape index (κ1) is 8.44. The van der Waals surface area contributed by atoms with E-state index in [2.05, 4.69) is 20.9 Å². The second-order valence-electron chi connectivity index (χ2n) is 2.77. The zero-order valence-electron chi connectivity index (χ0n) is 6.99. The van der Waals surface area contributed by atoms with Gasteiger partial charge in [0.1, 0.15) is 11.3 Å². The maximum atomic E-state index is 10.7. The molecule has 0 radical (unpaired) electrons. The Kier molecular flexibility index (Phi) is 1.92. The highest BCUT2D eigenvalue weighted by molar-refractivity contribution is 9.10. The van der Waals surface area contributed by atoms with Crippen molar-refractivity contribution in [1.29, 1.82) is 0 Å². The van der Waals surface area contributed by atoms with Crippen molar-refractivity contribution in [3.05, 3.63) is 34.2 Å². The quantitative estimate of drug-likeness (QED) is 0.715. The molecule has 0 spiro atoms.